The second-order valence-corrected chi connectivity index (χ2v) is 6.57. The molecule has 0 radical (unpaired) electrons. The zero-order valence-corrected chi connectivity index (χ0v) is 12.1. The van der Waals surface area contributed by atoms with Gasteiger partial charge in [-0.2, -0.15) is 0 Å². The molecular weight excluding hydrogens is 250 g/mol. The molecule has 1 saturated carbocycles. The van der Waals surface area contributed by atoms with Crippen LogP contribution in [0.1, 0.15) is 49.9 Å². The molecule has 1 unspecified atom stereocenters. The van der Waals surface area contributed by atoms with Gasteiger partial charge in [0.25, 0.3) is 5.91 Å². The number of aromatic nitrogens is 2. The van der Waals surface area contributed by atoms with Gasteiger partial charge >= 0.3 is 0 Å². The lowest BCUT2D eigenvalue weighted by molar-refractivity contribution is 0.0902. The summed E-state index contributed by atoms with van der Waals surface area (Å²) in [6.07, 6.45) is 6.24. The standard InChI is InChI=1S/C16H21N3O/c1-16(2)7-3-4-12(9-16)19-15(20)11-5-6-13-14(8-11)18-10-17-13/h5-6,8,10,12H,3-4,7,9H2,1-2H3,(H,17,18)(H,19,20). The number of hydrogen-bond donors (Lipinski definition) is 2. The fraction of sp³-hybridized carbons (Fsp3) is 0.500. The summed E-state index contributed by atoms with van der Waals surface area (Å²) in [5.41, 5.74) is 2.83. The number of fused-ring (bicyclic) bond motifs is 1. The van der Waals surface area contributed by atoms with Gasteiger partial charge in [0.15, 0.2) is 0 Å². The van der Waals surface area contributed by atoms with Crippen LogP contribution in [0, 0.1) is 5.41 Å². The van der Waals surface area contributed by atoms with Crippen molar-refractivity contribution in [3.8, 4) is 0 Å². The highest BCUT2D eigenvalue weighted by Gasteiger charge is 2.28. The first-order valence-corrected chi connectivity index (χ1v) is 7.27. The van der Waals surface area contributed by atoms with Gasteiger partial charge in [-0.3, -0.25) is 4.79 Å². The smallest absolute Gasteiger partial charge is 0.251 e. The highest BCUT2D eigenvalue weighted by Crippen LogP contribution is 2.35. The van der Waals surface area contributed by atoms with Crippen molar-refractivity contribution >= 4 is 16.9 Å². The molecule has 0 aliphatic heterocycles. The molecule has 4 nitrogen and oxygen atoms in total. The molecule has 2 N–H and O–H groups in total. The molecule has 2 aromatic rings. The molecule has 20 heavy (non-hydrogen) atoms. The molecule has 1 amide bonds. The van der Waals surface area contributed by atoms with Crippen molar-refractivity contribution in [1.29, 1.82) is 0 Å². The Morgan fingerprint density at radius 2 is 2.30 bits per heavy atom. The maximum Gasteiger partial charge on any atom is 0.251 e. The fourth-order valence-electron chi connectivity index (χ4n) is 3.17. The van der Waals surface area contributed by atoms with Crippen molar-refractivity contribution in [2.24, 2.45) is 5.41 Å². The van der Waals surface area contributed by atoms with Crippen LogP contribution in [0.3, 0.4) is 0 Å². The van der Waals surface area contributed by atoms with Crippen LogP contribution in [-0.2, 0) is 0 Å². The zero-order chi connectivity index (χ0) is 14.2. The molecule has 0 bridgehead atoms. The van der Waals surface area contributed by atoms with Gasteiger partial charge in [-0.1, -0.05) is 20.3 Å². The van der Waals surface area contributed by atoms with E-state index in [1.807, 2.05) is 18.2 Å². The van der Waals surface area contributed by atoms with E-state index in [-0.39, 0.29) is 5.91 Å². The first-order valence-electron chi connectivity index (χ1n) is 7.27. The van der Waals surface area contributed by atoms with Crippen molar-refractivity contribution in [1.82, 2.24) is 15.3 Å². The average Bonchev–Trinajstić information content (AvgIpc) is 2.84. The third-order valence-electron chi connectivity index (χ3n) is 4.22. The summed E-state index contributed by atoms with van der Waals surface area (Å²) >= 11 is 0. The van der Waals surface area contributed by atoms with Crippen LogP contribution in [0.4, 0.5) is 0 Å². The highest BCUT2D eigenvalue weighted by atomic mass is 16.1. The Morgan fingerprint density at radius 1 is 1.45 bits per heavy atom. The van der Waals surface area contributed by atoms with Gasteiger partial charge in [0.1, 0.15) is 0 Å². The Labute approximate surface area is 119 Å². The van der Waals surface area contributed by atoms with Crippen LogP contribution in [-0.4, -0.2) is 21.9 Å². The van der Waals surface area contributed by atoms with Crippen LogP contribution < -0.4 is 5.32 Å². The minimum atomic E-state index is 0.0178. The molecule has 1 heterocycles. The summed E-state index contributed by atoms with van der Waals surface area (Å²) in [6, 6.07) is 5.88. The molecule has 1 aliphatic rings. The van der Waals surface area contributed by atoms with E-state index >= 15 is 0 Å². The number of aromatic amines is 1. The minimum Gasteiger partial charge on any atom is -0.349 e. The van der Waals surface area contributed by atoms with E-state index in [0.717, 1.165) is 23.9 Å². The summed E-state index contributed by atoms with van der Waals surface area (Å²) in [4.78, 5) is 19.6. The van der Waals surface area contributed by atoms with E-state index in [1.54, 1.807) is 6.33 Å². The predicted octanol–water partition coefficient (Wildman–Crippen LogP) is 3.26. The Morgan fingerprint density at radius 3 is 3.10 bits per heavy atom. The third-order valence-corrected chi connectivity index (χ3v) is 4.22. The summed E-state index contributed by atoms with van der Waals surface area (Å²) < 4.78 is 0. The molecule has 1 atom stereocenters. The summed E-state index contributed by atoms with van der Waals surface area (Å²) in [6.45, 7) is 4.56. The van der Waals surface area contributed by atoms with E-state index in [1.165, 1.54) is 12.8 Å². The first kappa shape index (κ1) is 13.2. The number of nitrogens with one attached hydrogen (secondary N) is 2. The molecule has 0 saturated heterocycles. The monoisotopic (exact) mass is 271 g/mol. The molecule has 1 fully saturated rings. The quantitative estimate of drug-likeness (QED) is 0.880. The van der Waals surface area contributed by atoms with Crippen molar-refractivity contribution < 1.29 is 4.79 Å². The summed E-state index contributed by atoms with van der Waals surface area (Å²) in [5.74, 6) is 0.0178. The molecule has 1 aromatic heterocycles. The normalized spacial score (nSPS) is 21.8. The van der Waals surface area contributed by atoms with E-state index in [2.05, 4.69) is 29.1 Å². The van der Waals surface area contributed by atoms with E-state index < -0.39 is 0 Å². The van der Waals surface area contributed by atoms with Crippen molar-refractivity contribution in [3.05, 3.63) is 30.1 Å². The summed E-state index contributed by atoms with van der Waals surface area (Å²) in [5, 5.41) is 3.17. The van der Waals surface area contributed by atoms with Gasteiger partial charge < -0.3 is 10.3 Å². The molecule has 0 spiro atoms. The van der Waals surface area contributed by atoms with Crippen LogP contribution in [0.2, 0.25) is 0 Å². The Balaban J connectivity index is 1.72. The second-order valence-electron chi connectivity index (χ2n) is 6.57. The molecule has 4 heteroatoms. The summed E-state index contributed by atoms with van der Waals surface area (Å²) in [7, 11) is 0. The van der Waals surface area contributed by atoms with Gasteiger partial charge in [0.2, 0.25) is 0 Å². The number of nitrogens with zero attached hydrogens (tertiary/aromatic N) is 1. The highest BCUT2D eigenvalue weighted by molar-refractivity contribution is 5.97. The molecule has 1 aromatic carbocycles. The maximum absolute atomic E-state index is 12.3. The number of carbonyl (C=O) groups is 1. The Kier molecular flexibility index (Phi) is 3.24. The van der Waals surface area contributed by atoms with Gasteiger partial charge in [-0.15, -0.1) is 0 Å². The van der Waals surface area contributed by atoms with E-state index in [0.29, 0.717) is 17.0 Å². The largest absolute Gasteiger partial charge is 0.349 e. The van der Waals surface area contributed by atoms with Gasteiger partial charge in [-0.25, -0.2) is 4.98 Å². The Hall–Kier alpha value is -1.84. The van der Waals surface area contributed by atoms with Gasteiger partial charge in [0, 0.05) is 11.6 Å². The van der Waals surface area contributed by atoms with E-state index in [4.69, 9.17) is 0 Å². The van der Waals surface area contributed by atoms with Crippen LogP contribution in [0.25, 0.3) is 11.0 Å². The van der Waals surface area contributed by atoms with E-state index in [9.17, 15) is 4.79 Å². The number of rotatable bonds is 2. The Bertz CT molecular complexity index is 629. The number of imidazole rings is 1. The van der Waals surface area contributed by atoms with Crippen molar-refractivity contribution in [2.45, 2.75) is 45.6 Å². The minimum absolute atomic E-state index is 0.0178. The van der Waals surface area contributed by atoms with Crippen molar-refractivity contribution in [2.75, 3.05) is 0 Å². The fourth-order valence-corrected chi connectivity index (χ4v) is 3.17. The van der Waals surface area contributed by atoms with Crippen LogP contribution in [0.15, 0.2) is 24.5 Å². The lowest BCUT2D eigenvalue weighted by Crippen LogP contribution is -2.40. The predicted molar refractivity (Wildman–Crippen MR) is 79.6 cm³/mol. The number of hydrogen-bond acceptors (Lipinski definition) is 2. The molecular formula is C16H21N3O. The first-order chi connectivity index (χ1) is 9.53. The number of benzene rings is 1. The molecule has 3 rings (SSSR count). The number of H-pyrrole nitrogens is 1. The van der Waals surface area contributed by atoms with Crippen molar-refractivity contribution in [3.63, 3.8) is 0 Å². The number of amides is 1. The van der Waals surface area contributed by atoms with Gasteiger partial charge in [0.05, 0.1) is 17.4 Å². The SMILES string of the molecule is CC1(C)CCCC(NC(=O)c2ccc3nc[nH]c3c2)C1. The molecule has 1 aliphatic carbocycles. The molecule has 106 valence electrons. The van der Waals surface area contributed by atoms with Crippen LogP contribution >= 0.6 is 0 Å². The zero-order valence-electron chi connectivity index (χ0n) is 12.1. The number of carbonyl (C=O) groups excluding carboxylic acids is 1. The lowest BCUT2D eigenvalue weighted by atomic mass is 9.75. The lowest BCUT2D eigenvalue weighted by Gasteiger charge is -2.35. The van der Waals surface area contributed by atoms with Crippen LogP contribution in [0.5, 0.6) is 0 Å². The topological polar surface area (TPSA) is 57.8 Å². The average molecular weight is 271 g/mol. The second kappa shape index (κ2) is 4.93. The third kappa shape index (κ3) is 2.69. The van der Waals surface area contributed by atoms with Gasteiger partial charge in [-0.05, 0) is 42.9 Å². The maximum atomic E-state index is 12.3.